The van der Waals surface area contributed by atoms with Crippen LogP contribution in [-0.4, -0.2) is 17.0 Å². The first kappa shape index (κ1) is 10.4. The summed E-state index contributed by atoms with van der Waals surface area (Å²) in [6, 6.07) is 0. The van der Waals surface area contributed by atoms with E-state index in [0.717, 1.165) is 0 Å². The molecule has 1 amide bonds. The van der Waals surface area contributed by atoms with Gasteiger partial charge in [0.1, 0.15) is 0 Å². The van der Waals surface area contributed by atoms with Crippen molar-refractivity contribution in [1.29, 1.82) is 0 Å². The molecule has 0 aromatic rings. The summed E-state index contributed by atoms with van der Waals surface area (Å²) in [5, 5.41) is 10.8. The van der Waals surface area contributed by atoms with Gasteiger partial charge in [-0.15, -0.1) is 6.58 Å². The molecule has 0 aromatic carbocycles. The van der Waals surface area contributed by atoms with Gasteiger partial charge < -0.3 is 10.4 Å². The van der Waals surface area contributed by atoms with E-state index in [9.17, 15) is 9.59 Å². The molecule has 4 heteroatoms. The Labute approximate surface area is 70.6 Å². The van der Waals surface area contributed by atoms with E-state index in [1.807, 2.05) is 0 Å². The van der Waals surface area contributed by atoms with Gasteiger partial charge in [-0.05, 0) is 6.42 Å². The fourth-order valence-electron chi connectivity index (χ4n) is 0.552. The Bertz CT molecular complexity index is 230. The molecular formula is C8H11NO3. The molecule has 0 spiro atoms. The highest BCUT2D eigenvalue weighted by molar-refractivity contribution is 5.87. The highest BCUT2D eigenvalue weighted by Gasteiger charge is 2.03. The molecule has 2 N–H and O–H groups in total. The first-order valence-electron chi connectivity index (χ1n) is 3.38. The zero-order chi connectivity index (χ0) is 9.56. The van der Waals surface area contributed by atoms with Gasteiger partial charge in [0.2, 0.25) is 5.91 Å². The van der Waals surface area contributed by atoms with Crippen molar-refractivity contribution in [3.63, 3.8) is 0 Å². The number of aliphatic carboxylic acids is 1. The molecule has 66 valence electrons. The number of carboxylic acid groups (broad SMARTS) is 1. The van der Waals surface area contributed by atoms with Crippen LogP contribution in [0.5, 0.6) is 0 Å². The summed E-state index contributed by atoms with van der Waals surface area (Å²) in [7, 11) is 0. The van der Waals surface area contributed by atoms with Crippen molar-refractivity contribution in [2.45, 2.75) is 13.3 Å². The van der Waals surface area contributed by atoms with Crippen LogP contribution in [0.3, 0.4) is 0 Å². The summed E-state index contributed by atoms with van der Waals surface area (Å²) >= 11 is 0. The molecule has 0 atom stereocenters. The van der Waals surface area contributed by atoms with Crippen LogP contribution >= 0.6 is 0 Å². The minimum Gasteiger partial charge on any atom is -0.478 e. The van der Waals surface area contributed by atoms with E-state index in [1.54, 1.807) is 0 Å². The average molecular weight is 169 g/mol. The van der Waals surface area contributed by atoms with Crippen LogP contribution in [0.1, 0.15) is 13.3 Å². The number of rotatable bonds is 4. The molecule has 0 rings (SSSR count). The monoisotopic (exact) mass is 169 g/mol. The quantitative estimate of drug-likeness (QED) is 0.480. The number of nitrogens with one attached hydrogen (secondary N) is 1. The lowest BCUT2D eigenvalue weighted by Crippen LogP contribution is -2.15. The SMILES string of the molecule is C=CC/C(=C\NC(C)=O)C(=O)O. The van der Waals surface area contributed by atoms with Crippen molar-refractivity contribution in [3.05, 3.63) is 24.4 Å². The molecule has 12 heavy (non-hydrogen) atoms. The summed E-state index contributed by atoms with van der Waals surface area (Å²) in [5.74, 6) is -1.35. The Morgan fingerprint density at radius 2 is 2.17 bits per heavy atom. The second-order valence-electron chi connectivity index (χ2n) is 2.17. The molecule has 0 heterocycles. The minimum atomic E-state index is -1.05. The Balaban J connectivity index is 4.27. The number of carbonyl (C=O) groups is 2. The van der Waals surface area contributed by atoms with E-state index in [0.29, 0.717) is 0 Å². The van der Waals surface area contributed by atoms with Gasteiger partial charge in [0.25, 0.3) is 0 Å². The maximum Gasteiger partial charge on any atom is 0.333 e. The van der Waals surface area contributed by atoms with Crippen molar-refractivity contribution in [2.75, 3.05) is 0 Å². The predicted octanol–water partition coefficient (Wildman–Crippen LogP) is 0.667. The van der Waals surface area contributed by atoms with Crippen LogP contribution in [-0.2, 0) is 9.59 Å². The summed E-state index contributed by atoms with van der Waals surface area (Å²) in [6.45, 7) is 4.70. The Hall–Kier alpha value is -1.58. The minimum absolute atomic E-state index is 0.111. The standard InChI is InChI=1S/C8H11NO3/c1-3-4-7(8(11)12)5-9-6(2)10/h3,5H,1,4H2,2H3,(H,9,10)(H,11,12)/b7-5+. The van der Waals surface area contributed by atoms with Gasteiger partial charge in [0, 0.05) is 13.1 Å². The lowest BCUT2D eigenvalue weighted by Gasteiger charge is -1.97. The molecule has 0 bridgehead atoms. The third-order valence-corrected chi connectivity index (χ3v) is 1.09. The molecule has 0 fully saturated rings. The van der Waals surface area contributed by atoms with Crippen molar-refractivity contribution in [2.24, 2.45) is 0 Å². The van der Waals surface area contributed by atoms with E-state index in [4.69, 9.17) is 5.11 Å². The van der Waals surface area contributed by atoms with Gasteiger partial charge >= 0.3 is 5.97 Å². The number of hydrogen-bond donors (Lipinski definition) is 2. The largest absolute Gasteiger partial charge is 0.478 e. The second kappa shape index (κ2) is 5.12. The van der Waals surface area contributed by atoms with Crippen LogP contribution in [0.15, 0.2) is 24.4 Å². The summed E-state index contributed by atoms with van der Waals surface area (Å²) < 4.78 is 0. The fraction of sp³-hybridized carbons (Fsp3) is 0.250. The van der Waals surface area contributed by atoms with Crippen LogP contribution in [0.2, 0.25) is 0 Å². The molecule has 4 nitrogen and oxygen atoms in total. The zero-order valence-electron chi connectivity index (χ0n) is 6.83. The highest BCUT2D eigenvalue weighted by Crippen LogP contribution is 1.99. The Morgan fingerprint density at radius 3 is 2.50 bits per heavy atom. The third-order valence-electron chi connectivity index (χ3n) is 1.09. The molecule has 0 aromatic heterocycles. The summed E-state index contributed by atoms with van der Waals surface area (Å²) in [4.78, 5) is 20.8. The normalized spacial score (nSPS) is 10.6. The van der Waals surface area contributed by atoms with Crippen LogP contribution in [0.4, 0.5) is 0 Å². The lowest BCUT2D eigenvalue weighted by molar-refractivity contribution is -0.132. The number of carboxylic acids is 1. The highest BCUT2D eigenvalue weighted by atomic mass is 16.4. The van der Waals surface area contributed by atoms with Gasteiger partial charge in [-0.2, -0.15) is 0 Å². The van der Waals surface area contributed by atoms with Crippen LogP contribution in [0.25, 0.3) is 0 Å². The van der Waals surface area contributed by atoms with Gasteiger partial charge in [-0.3, -0.25) is 4.79 Å². The summed E-state index contributed by atoms with van der Waals surface area (Å²) in [6.07, 6.45) is 2.86. The van der Waals surface area contributed by atoms with E-state index >= 15 is 0 Å². The molecule has 0 aliphatic carbocycles. The van der Waals surface area contributed by atoms with Crippen molar-refractivity contribution in [3.8, 4) is 0 Å². The zero-order valence-corrected chi connectivity index (χ0v) is 6.83. The number of hydrogen-bond acceptors (Lipinski definition) is 2. The van der Waals surface area contributed by atoms with E-state index < -0.39 is 5.97 Å². The third kappa shape index (κ3) is 4.27. The molecule has 0 radical (unpaired) electrons. The topological polar surface area (TPSA) is 66.4 Å². The van der Waals surface area contributed by atoms with E-state index in [1.165, 1.54) is 19.2 Å². The smallest absolute Gasteiger partial charge is 0.333 e. The van der Waals surface area contributed by atoms with Crippen molar-refractivity contribution >= 4 is 11.9 Å². The van der Waals surface area contributed by atoms with Gasteiger partial charge in [-0.25, -0.2) is 4.79 Å². The van der Waals surface area contributed by atoms with Gasteiger partial charge in [0.05, 0.1) is 5.57 Å². The van der Waals surface area contributed by atoms with E-state index in [-0.39, 0.29) is 17.9 Å². The van der Waals surface area contributed by atoms with E-state index in [2.05, 4.69) is 11.9 Å². The average Bonchev–Trinajstić information content (AvgIpc) is 1.96. The van der Waals surface area contributed by atoms with Gasteiger partial charge in [-0.1, -0.05) is 6.08 Å². The van der Waals surface area contributed by atoms with Crippen molar-refractivity contribution < 1.29 is 14.7 Å². The predicted molar refractivity (Wildman–Crippen MR) is 44.3 cm³/mol. The summed E-state index contributed by atoms with van der Waals surface area (Å²) in [5.41, 5.74) is 0.111. The first-order chi connectivity index (χ1) is 5.57. The maximum absolute atomic E-state index is 10.4. The molecule has 0 saturated heterocycles. The molecular weight excluding hydrogens is 158 g/mol. The maximum atomic E-state index is 10.4. The molecule has 0 unspecified atom stereocenters. The Morgan fingerprint density at radius 1 is 1.58 bits per heavy atom. The van der Waals surface area contributed by atoms with Gasteiger partial charge in [0.15, 0.2) is 0 Å². The van der Waals surface area contributed by atoms with Crippen LogP contribution in [0, 0.1) is 0 Å². The second-order valence-corrected chi connectivity index (χ2v) is 2.17. The molecule has 0 saturated carbocycles. The lowest BCUT2D eigenvalue weighted by atomic mass is 10.2. The Kier molecular flexibility index (Phi) is 4.45. The number of amides is 1. The van der Waals surface area contributed by atoms with Crippen molar-refractivity contribution in [1.82, 2.24) is 5.32 Å². The molecule has 0 aliphatic heterocycles. The fourth-order valence-corrected chi connectivity index (χ4v) is 0.552. The molecule has 0 aliphatic rings. The first-order valence-corrected chi connectivity index (χ1v) is 3.38. The number of carbonyl (C=O) groups excluding carboxylic acids is 1. The number of allylic oxidation sites excluding steroid dienone is 1. The van der Waals surface area contributed by atoms with Crippen LogP contribution < -0.4 is 5.32 Å².